The van der Waals surface area contributed by atoms with Crippen molar-refractivity contribution in [1.82, 2.24) is 15.3 Å². The summed E-state index contributed by atoms with van der Waals surface area (Å²) in [6.07, 6.45) is 5.31. The molecule has 2 aliphatic rings. The number of hydrogen-bond donors (Lipinski definition) is 2. The highest BCUT2D eigenvalue weighted by Crippen LogP contribution is 2.49. The molecule has 1 aliphatic carbocycles. The predicted molar refractivity (Wildman–Crippen MR) is 81.8 cm³/mol. The Morgan fingerprint density at radius 2 is 2.19 bits per heavy atom. The van der Waals surface area contributed by atoms with Gasteiger partial charge >= 0.3 is 0 Å². The van der Waals surface area contributed by atoms with Crippen LogP contribution in [-0.2, 0) is 0 Å². The predicted octanol–water partition coefficient (Wildman–Crippen LogP) is 2.09. The number of nitrogens with one attached hydrogen (secondary N) is 2. The highest BCUT2D eigenvalue weighted by Gasteiger charge is 2.42. The van der Waals surface area contributed by atoms with Gasteiger partial charge < -0.3 is 10.6 Å². The van der Waals surface area contributed by atoms with Gasteiger partial charge in [0.05, 0.1) is 0 Å². The average molecular weight is 285 g/mol. The van der Waals surface area contributed by atoms with E-state index >= 15 is 0 Å². The Morgan fingerprint density at radius 3 is 2.95 bits per heavy atom. The Hall–Kier alpha value is -1.67. The Kier molecular flexibility index (Phi) is 4.35. The first-order valence-electron chi connectivity index (χ1n) is 7.96. The van der Waals surface area contributed by atoms with E-state index < -0.39 is 0 Å². The van der Waals surface area contributed by atoms with Gasteiger partial charge in [0.1, 0.15) is 23.4 Å². The summed E-state index contributed by atoms with van der Waals surface area (Å²) in [5, 5.41) is 15.7. The molecule has 0 amide bonds. The van der Waals surface area contributed by atoms with E-state index in [1.807, 2.05) is 6.92 Å². The lowest BCUT2D eigenvalue weighted by molar-refractivity contribution is 0.322. The number of aryl methyl sites for hydroxylation is 1. The molecule has 2 heterocycles. The summed E-state index contributed by atoms with van der Waals surface area (Å²) >= 11 is 0. The average Bonchev–Trinajstić information content (AvgIpc) is 3.27. The van der Waals surface area contributed by atoms with E-state index in [-0.39, 0.29) is 0 Å². The van der Waals surface area contributed by atoms with E-state index in [0.29, 0.717) is 11.5 Å². The van der Waals surface area contributed by atoms with Crippen LogP contribution in [0.15, 0.2) is 6.07 Å². The first-order chi connectivity index (χ1) is 10.3. The van der Waals surface area contributed by atoms with E-state index in [0.717, 1.165) is 30.1 Å². The number of rotatable bonds is 5. The molecule has 2 unspecified atom stereocenters. The van der Waals surface area contributed by atoms with Crippen molar-refractivity contribution in [2.75, 3.05) is 25.0 Å². The molecule has 112 valence electrons. The summed E-state index contributed by atoms with van der Waals surface area (Å²) in [5.74, 6) is 4.21. The molecule has 21 heavy (non-hydrogen) atoms. The summed E-state index contributed by atoms with van der Waals surface area (Å²) in [7, 11) is 0. The van der Waals surface area contributed by atoms with Gasteiger partial charge in [-0.1, -0.05) is 0 Å². The fourth-order valence-electron chi connectivity index (χ4n) is 3.55. The van der Waals surface area contributed by atoms with Crippen LogP contribution in [0.3, 0.4) is 0 Å². The largest absolute Gasteiger partial charge is 0.370 e. The topological polar surface area (TPSA) is 73.6 Å². The molecule has 0 spiro atoms. The zero-order valence-corrected chi connectivity index (χ0v) is 12.6. The third-order valence-corrected chi connectivity index (χ3v) is 4.74. The highest BCUT2D eigenvalue weighted by molar-refractivity contribution is 5.39. The summed E-state index contributed by atoms with van der Waals surface area (Å²) in [5.41, 5.74) is 0.434. The van der Waals surface area contributed by atoms with Crippen molar-refractivity contribution in [3.8, 4) is 6.07 Å². The van der Waals surface area contributed by atoms with Crippen LogP contribution in [0.4, 0.5) is 5.82 Å². The fourth-order valence-corrected chi connectivity index (χ4v) is 3.55. The first kappa shape index (κ1) is 14.3. The van der Waals surface area contributed by atoms with Crippen molar-refractivity contribution in [2.24, 2.45) is 17.8 Å². The molecular formula is C16H23N5. The minimum atomic E-state index is 0.434. The molecule has 1 saturated carbocycles. The van der Waals surface area contributed by atoms with Crippen molar-refractivity contribution < 1.29 is 0 Å². The lowest BCUT2D eigenvalue weighted by Gasteiger charge is -2.22. The molecule has 3 rings (SSSR count). The van der Waals surface area contributed by atoms with Crippen LogP contribution in [0.25, 0.3) is 0 Å². The van der Waals surface area contributed by atoms with E-state index in [9.17, 15) is 0 Å². The molecule has 2 fully saturated rings. The molecular weight excluding hydrogens is 262 g/mol. The third kappa shape index (κ3) is 3.70. The maximum absolute atomic E-state index is 8.92. The minimum Gasteiger partial charge on any atom is -0.370 e. The molecule has 2 N–H and O–H groups in total. The van der Waals surface area contributed by atoms with Gasteiger partial charge in [-0.15, -0.1) is 0 Å². The zero-order valence-electron chi connectivity index (χ0n) is 12.6. The zero-order chi connectivity index (χ0) is 14.7. The molecule has 1 aromatic heterocycles. The molecule has 1 aliphatic heterocycles. The third-order valence-electron chi connectivity index (χ3n) is 4.74. The summed E-state index contributed by atoms with van der Waals surface area (Å²) in [6, 6.07) is 3.80. The van der Waals surface area contributed by atoms with Crippen molar-refractivity contribution in [3.63, 3.8) is 0 Å². The normalized spacial score (nSPS) is 25.3. The number of anilines is 1. The van der Waals surface area contributed by atoms with E-state index in [1.54, 1.807) is 6.07 Å². The number of nitrogens with zero attached hydrogens (tertiary/aromatic N) is 3. The van der Waals surface area contributed by atoms with Crippen LogP contribution in [0.1, 0.15) is 37.2 Å². The maximum Gasteiger partial charge on any atom is 0.146 e. The van der Waals surface area contributed by atoms with Crippen LogP contribution < -0.4 is 10.6 Å². The summed E-state index contributed by atoms with van der Waals surface area (Å²) < 4.78 is 0. The van der Waals surface area contributed by atoms with Gasteiger partial charge in [0.2, 0.25) is 0 Å². The minimum absolute atomic E-state index is 0.434. The second-order valence-electron chi connectivity index (χ2n) is 6.26. The second kappa shape index (κ2) is 6.40. The van der Waals surface area contributed by atoms with Crippen LogP contribution in [0.2, 0.25) is 0 Å². The Balaban J connectivity index is 1.43. The van der Waals surface area contributed by atoms with Crippen LogP contribution in [0.5, 0.6) is 0 Å². The number of hydrogen-bond acceptors (Lipinski definition) is 5. The lowest BCUT2D eigenvalue weighted by atomic mass is 9.91. The van der Waals surface area contributed by atoms with Gasteiger partial charge in [0, 0.05) is 12.6 Å². The molecule has 0 bridgehead atoms. The first-order valence-corrected chi connectivity index (χ1v) is 7.96. The van der Waals surface area contributed by atoms with Crippen LogP contribution >= 0.6 is 0 Å². The smallest absolute Gasteiger partial charge is 0.146 e. The van der Waals surface area contributed by atoms with Gasteiger partial charge in [-0.3, -0.25) is 0 Å². The maximum atomic E-state index is 8.92. The van der Waals surface area contributed by atoms with E-state index in [4.69, 9.17) is 5.26 Å². The molecule has 1 saturated heterocycles. The second-order valence-corrected chi connectivity index (χ2v) is 6.26. The summed E-state index contributed by atoms with van der Waals surface area (Å²) in [6.45, 7) is 5.15. The van der Waals surface area contributed by atoms with Gasteiger partial charge in [0.25, 0.3) is 0 Å². The molecule has 5 heteroatoms. The number of aromatic nitrogens is 2. The SMILES string of the molecule is Cc1nc(C#N)cc(NCCC2CC2C2CCNCC2)n1. The Labute approximate surface area is 126 Å². The lowest BCUT2D eigenvalue weighted by Crippen LogP contribution is -2.29. The molecule has 0 aromatic carbocycles. The number of nitriles is 1. The van der Waals surface area contributed by atoms with Crippen molar-refractivity contribution in [1.29, 1.82) is 5.26 Å². The highest BCUT2D eigenvalue weighted by atomic mass is 15.0. The Morgan fingerprint density at radius 1 is 1.38 bits per heavy atom. The molecule has 0 radical (unpaired) electrons. The molecule has 1 aromatic rings. The Bertz CT molecular complexity index is 530. The van der Waals surface area contributed by atoms with Gasteiger partial charge in [-0.2, -0.15) is 5.26 Å². The quantitative estimate of drug-likeness (QED) is 0.866. The fraction of sp³-hybridized carbons (Fsp3) is 0.688. The monoisotopic (exact) mass is 285 g/mol. The van der Waals surface area contributed by atoms with Crippen molar-refractivity contribution in [2.45, 2.75) is 32.6 Å². The standard InChI is InChI=1S/C16H23N5/c1-11-20-14(10-17)9-16(21-11)19-7-4-13-8-15(13)12-2-5-18-6-3-12/h9,12-13,15,18H,2-8H2,1H3,(H,19,20,21). The molecule has 2 atom stereocenters. The van der Waals surface area contributed by atoms with Gasteiger partial charge in [0.15, 0.2) is 0 Å². The van der Waals surface area contributed by atoms with Gasteiger partial charge in [-0.05, 0) is 63.5 Å². The van der Waals surface area contributed by atoms with E-state index in [1.165, 1.54) is 38.8 Å². The van der Waals surface area contributed by atoms with Gasteiger partial charge in [-0.25, -0.2) is 9.97 Å². The summed E-state index contributed by atoms with van der Waals surface area (Å²) in [4.78, 5) is 8.39. The molecule has 5 nitrogen and oxygen atoms in total. The number of piperidine rings is 1. The van der Waals surface area contributed by atoms with Crippen molar-refractivity contribution >= 4 is 5.82 Å². The van der Waals surface area contributed by atoms with E-state index in [2.05, 4.69) is 26.7 Å². The van der Waals surface area contributed by atoms with Crippen LogP contribution in [0, 0.1) is 36.0 Å². The van der Waals surface area contributed by atoms with Crippen LogP contribution in [-0.4, -0.2) is 29.6 Å². The van der Waals surface area contributed by atoms with Crippen molar-refractivity contribution in [3.05, 3.63) is 17.6 Å².